The summed E-state index contributed by atoms with van der Waals surface area (Å²) in [5.41, 5.74) is 8.18. The van der Waals surface area contributed by atoms with Gasteiger partial charge in [0.2, 0.25) is 0 Å². The lowest BCUT2D eigenvalue weighted by molar-refractivity contribution is 0.336. The third-order valence-electron chi connectivity index (χ3n) is 4.32. The summed E-state index contributed by atoms with van der Waals surface area (Å²) in [5, 5.41) is 0.846. The SMILES string of the molecule is CC1CCCC(N(C)c2cccc(Cl)c2CCN)C1. The molecule has 0 spiro atoms. The van der Waals surface area contributed by atoms with E-state index in [2.05, 4.69) is 24.9 Å². The van der Waals surface area contributed by atoms with Crippen molar-refractivity contribution in [3.05, 3.63) is 28.8 Å². The van der Waals surface area contributed by atoms with E-state index in [4.69, 9.17) is 17.3 Å². The molecular weight excluding hydrogens is 256 g/mol. The second kappa shape index (κ2) is 6.62. The highest BCUT2D eigenvalue weighted by molar-refractivity contribution is 6.31. The Bertz CT molecular complexity index is 419. The van der Waals surface area contributed by atoms with Gasteiger partial charge in [-0.1, -0.05) is 37.4 Å². The van der Waals surface area contributed by atoms with E-state index in [1.54, 1.807) is 0 Å². The summed E-state index contributed by atoms with van der Waals surface area (Å²) < 4.78 is 0. The maximum absolute atomic E-state index is 6.34. The topological polar surface area (TPSA) is 29.3 Å². The van der Waals surface area contributed by atoms with Gasteiger partial charge in [-0.3, -0.25) is 0 Å². The van der Waals surface area contributed by atoms with Gasteiger partial charge in [-0.15, -0.1) is 0 Å². The minimum Gasteiger partial charge on any atom is -0.371 e. The Morgan fingerprint density at radius 2 is 2.16 bits per heavy atom. The van der Waals surface area contributed by atoms with E-state index in [-0.39, 0.29) is 0 Å². The summed E-state index contributed by atoms with van der Waals surface area (Å²) in [6.45, 7) is 3.00. The fourth-order valence-electron chi connectivity index (χ4n) is 3.22. The molecule has 1 aromatic carbocycles. The fraction of sp³-hybridized carbons (Fsp3) is 0.625. The fourth-order valence-corrected chi connectivity index (χ4v) is 3.48. The Hall–Kier alpha value is -0.730. The van der Waals surface area contributed by atoms with Gasteiger partial charge in [-0.05, 0) is 49.4 Å². The van der Waals surface area contributed by atoms with Crippen LogP contribution >= 0.6 is 11.6 Å². The molecule has 2 nitrogen and oxygen atoms in total. The van der Waals surface area contributed by atoms with Crippen LogP contribution in [0.2, 0.25) is 5.02 Å². The number of halogens is 1. The average molecular weight is 281 g/mol. The summed E-state index contributed by atoms with van der Waals surface area (Å²) in [6, 6.07) is 6.82. The van der Waals surface area contributed by atoms with Crippen LogP contribution in [0.4, 0.5) is 5.69 Å². The Labute approximate surface area is 121 Å². The smallest absolute Gasteiger partial charge is 0.0459 e. The molecule has 2 unspecified atom stereocenters. The summed E-state index contributed by atoms with van der Waals surface area (Å²) in [6.07, 6.45) is 6.13. The highest BCUT2D eigenvalue weighted by atomic mass is 35.5. The molecule has 0 amide bonds. The molecule has 3 heteroatoms. The van der Waals surface area contributed by atoms with E-state index in [0.29, 0.717) is 12.6 Å². The van der Waals surface area contributed by atoms with Crippen molar-refractivity contribution in [2.75, 3.05) is 18.5 Å². The number of benzene rings is 1. The number of anilines is 1. The third-order valence-corrected chi connectivity index (χ3v) is 4.68. The Morgan fingerprint density at radius 3 is 2.84 bits per heavy atom. The van der Waals surface area contributed by atoms with Crippen LogP contribution in [-0.2, 0) is 6.42 Å². The van der Waals surface area contributed by atoms with Crippen molar-refractivity contribution in [2.45, 2.75) is 45.1 Å². The highest BCUT2D eigenvalue weighted by Crippen LogP contribution is 2.33. The molecule has 1 fully saturated rings. The molecule has 0 radical (unpaired) electrons. The third kappa shape index (κ3) is 3.43. The molecule has 0 saturated heterocycles. The van der Waals surface area contributed by atoms with E-state index in [1.807, 2.05) is 12.1 Å². The zero-order valence-electron chi connectivity index (χ0n) is 12.0. The minimum atomic E-state index is 0.638. The van der Waals surface area contributed by atoms with Crippen molar-refractivity contribution in [2.24, 2.45) is 11.7 Å². The molecule has 2 rings (SSSR count). The first-order valence-electron chi connectivity index (χ1n) is 7.33. The first kappa shape index (κ1) is 14.7. The van der Waals surface area contributed by atoms with Crippen molar-refractivity contribution < 1.29 is 0 Å². The summed E-state index contributed by atoms with van der Waals surface area (Å²) in [4.78, 5) is 2.42. The van der Waals surface area contributed by atoms with Crippen LogP contribution < -0.4 is 10.6 Å². The van der Waals surface area contributed by atoms with E-state index in [0.717, 1.165) is 17.4 Å². The van der Waals surface area contributed by atoms with Gasteiger partial charge in [0.15, 0.2) is 0 Å². The lowest BCUT2D eigenvalue weighted by Gasteiger charge is -2.36. The molecule has 0 bridgehead atoms. The molecule has 106 valence electrons. The molecule has 0 heterocycles. The van der Waals surface area contributed by atoms with E-state index in [1.165, 1.54) is 36.9 Å². The van der Waals surface area contributed by atoms with Gasteiger partial charge in [-0.2, -0.15) is 0 Å². The first-order chi connectivity index (χ1) is 9.13. The number of hydrogen-bond acceptors (Lipinski definition) is 2. The Kier molecular flexibility index (Phi) is 5.12. The number of hydrogen-bond donors (Lipinski definition) is 1. The quantitative estimate of drug-likeness (QED) is 0.907. The van der Waals surface area contributed by atoms with Crippen LogP contribution in [0.3, 0.4) is 0 Å². The molecule has 1 aromatic rings. The van der Waals surface area contributed by atoms with Gasteiger partial charge < -0.3 is 10.6 Å². The predicted octanol–water partition coefficient (Wildman–Crippen LogP) is 3.86. The molecule has 2 atom stereocenters. The zero-order chi connectivity index (χ0) is 13.8. The molecule has 19 heavy (non-hydrogen) atoms. The normalized spacial score (nSPS) is 23.4. The largest absolute Gasteiger partial charge is 0.371 e. The van der Waals surface area contributed by atoms with Crippen molar-refractivity contribution in [1.82, 2.24) is 0 Å². The molecule has 0 aliphatic heterocycles. The predicted molar refractivity (Wildman–Crippen MR) is 84.0 cm³/mol. The lowest BCUT2D eigenvalue weighted by atomic mass is 9.86. The minimum absolute atomic E-state index is 0.638. The van der Waals surface area contributed by atoms with Crippen LogP contribution in [0, 0.1) is 5.92 Å². The van der Waals surface area contributed by atoms with Gasteiger partial charge in [0, 0.05) is 23.8 Å². The summed E-state index contributed by atoms with van der Waals surface area (Å²) >= 11 is 6.34. The number of nitrogens with two attached hydrogens (primary N) is 1. The van der Waals surface area contributed by atoms with Crippen LogP contribution in [0.25, 0.3) is 0 Å². The van der Waals surface area contributed by atoms with Crippen molar-refractivity contribution >= 4 is 17.3 Å². The summed E-state index contributed by atoms with van der Waals surface area (Å²) in [7, 11) is 2.20. The van der Waals surface area contributed by atoms with E-state index in [9.17, 15) is 0 Å². The van der Waals surface area contributed by atoms with Crippen molar-refractivity contribution in [3.8, 4) is 0 Å². The van der Waals surface area contributed by atoms with Gasteiger partial charge >= 0.3 is 0 Å². The number of rotatable bonds is 4. The van der Waals surface area contributed by atoms with Gasteiger partial charge in [0.05, 0.1) is 0 Å². The van der Waals surface area contributed by atoms with Gasteiger partial charge in [0.25, 0.3) is 0 Å². The van der Waals surface area contributed by atoms with Crippen LogP contribution in [0.5, 0.6) is 0 Å². The highest BCUT2D eigenvalue weighted by Gasteiger charge is 2.24. The maximum atomic E-state index is 6.34. The zero-order valence-corrected chi connectivity index (χ0v) is 12.8. The molecule has 1 aliphatic rings. The van der Waals surface area contributed by atoms with Gasteiger partial charge in [0.1, 0.15) is 0 Å². The summed E-state index contributed by atoms with van der Waals surface area (Å²) in [5.74, 6) is 0.832. The van der Waals surface area contributed by atoms with Crippen molar-refractivity contribution in [3.63, 3.8) is 0 Å². The molecule has 1 aliphatic carbocycles. The second-order valence-corrected chi connectivity index (χ2v) is 6.22. The maximum Gasteiger partial charge on any atom is 0.0459 e. The van der Waals surface area contributed by atoms with Crippen LogP contribution in [0.1, 0.15) is 38.2 Å². The standard InChI is InChI=1S/C16H25ClN2/c1-12-5-3-6-13(11-12)19(2)16-8-4-7-15(17)14(16)9-10-18/h4,7-8,12-13H,3,5-6,9-11,18H2,1-2H3. The van der Waals surface area contributed by atoms with Crippen LogP contribution in [0.15, 0.2) is 18.2 Å². The van der Waals surface area contributed by atoms with Crippen molar-refractivity contribution in [1.29, 1.82) is 0 Å². The average Bonchev–Trinajstić information content (AvgIpc) is 2.40. The van der Waals surface area contributed by atoms with Crippen LogP contribution in [-0.4, -0.2) is 19.6 Å². The molecule has 2 N–H and O–H groups in total. The second-order valence-electron chi connectivity index (χ2n) is 5.81. The van der Waals surface area contributed by atoms with E-state index < -0.39 is 0 Å². The first-order valence-corrected chi connectivity index (χ1v) is 7.71. The monoisotopic (exact) mass is 280 g/mol. The molecule has 1 saturated carbocycles. The van der Waals surface area contributed by atoms with E-state index >= 15 is 0 Å². The Balaban J connectivity index is 2.22. The lowest BCUT2D eigenvalue weighted by Crippen LogP contribution is -2.36. The van der Waals surface area contributed by atoms with Gasteiger partial charge in [-0.25, -0.2) is 0 Å². The molecular formula is C16H25ClN2. The number of nitrogens with zero attached hydrogens (tertiary/aromatic N) is 1. The molecule has 0 aromatic heterocycles. The Morgan fingerprint density at radius 1 is 1.37 bits per heavy atom.